The zero-order valence-corrected chi connectivity index (χ0v) is 11.9. The third-order valence-electron chi connectivity index (χ3n) is 3.52. The molecule has 1 fully saturated rings. The molecule has 7 nitrogen and oxygen atoms in total. The number of cyclic esters (lactones) is 1. The van der Waals surface area contributed by atoms with E-state index in [2.05, 4.69) is 15.3 Å². The van der Waals surface area contributed by atoms with Crippen LogP contribution in [0.15, 0.2) is 18.2 Å². The number of fused-ring (bicyclic) bond motifs is 1. The average Bonchev–Trinajstić information content (AvgIpc) is 3.09. The number of carbonyl (C=O) groups is 2. The molecule has 0 bridgehead atoms. The molecule has 0 spiro atoms. The summed E-state index contributed by atoms with van der Waals surface area (Å²) in [6.07, 6.45) is -0.0777. The van der Waals surface area contributed by atoms with Gasteiger partial charge in [0.05, 0.1) is 11.0 Å². The molecule has 8 heteroatoms. The van der Waals surface area contributed by atoms with Gasteiger partial charge in [-0.15, -0.1) is 0 Å². The number of nitrogens with one attached hydrogen (secondary N) is 2. The third-order valence-corrected chi connectivity index (χ3v) is 3.52. The van der Waals surface area contributed by atoms with Crippen molar-refractivity contribution in [1.29, 1.82) is 0 Å². The normalized spacial score (nSPS) is 17.4. The van der Waals surface area contributed by atoms with Crippen LogP contribution in [0.3, 0.4) is 0 Å². The van der Waals surface area contributed by atoms with Gasteiger partial charge in [0, 0.05) is 20.0 Å². The molecule has 0 radical (unpaired) electrons. The number of imidazole rings is 1. The molecule has 1 aliphatic heterocycles. The van der Waals surface area contributed by atoms with Crippen LogP contribution in [0.25, 0.3) is 11.0 Å². The predicted molar refractivity (Wildman–Crippen MR) is 75.7 cm³/mol. The lowest BCUT2D eigenvalue weighted by atomic mass is 10.2. The topological polar surface area (TPSA) is 87.3 Å². The smallest absolute Gasteiger partial charge is 0.407 e. The fourth-order valence-corrected chi connectivity index (χ4v) is 2.32. The number of ether oxygens (including phenoxy) is 1. The van der Waals surface area contributed by atoms with Crippen LogP contribution in [0.5, 0.6) is 0 Å². The Morgan fingerprint density at radius 2 is 2.36 bits per heavy atom. The maximum Gasteiger partial charge on any atom is 0.407 e. The molecule has 0 saturated carbocycles. The SMILES string of the molecule is CN(CCc1nc2ccc(F)cc2[nH]1)C(=O)C1COC(=O)N1. The van der Waals surface area contributed by atoms with Crippen molar-refractivity contribution < 1.29 is 18.7 Å². The Morgan fingerprint density at radius 3 is 3.09 bits per heavy atom. The average molecular weight is 306 g/mol. The molecule has 1 aromatic heterocycles. The Morgan fingerprint density at radius 1 is 1.55 bits per heavy atom. The van der Waals surface area contributed by atoms with Crippen LogP contribution in [-0.2, 0) is 16.0 Å². The summed E-state index contributed by atoms with van der Waals surface area (Å²) in [6.45, 7) is 0.472. The summed E-state index contributed by atoms with van der Waals surface area (Å²) in [5, 5.41) is 2.44. The molecule has 0 aliphatic carbocycles. The molecule has 1 aromatic carbocycles. The summed E-state index contributed by atoms with van der Waals surface area (Å²) >= 11 is 0. The number of H-pyrrole nitrogens is 1. The van der Waals surface area contributed by atoms with Gasteiger partial charge in [-0.25, -0.2) is 14.2 Å². The Bertz CT molecular complexity index is 730. The van der Waals surface area contributed by atoms with Crippen LogP contribution in [0.1, 0.15) is 5.82 Å². The van der Waals surface area contributed by atoms with E-state index in [4.69, 9.17) is 4.74 Å². The highest BCUT2D eigenvalue weighted by molar-refractivity contribution is 5.87. The molecule has 116 valence electrons. The first-order valence-corrected chi connectivity index (χ1v) is 6.85. The van der Waals surface area contributed by atoms with Gasteiger partial charge in [-0.1, -0.05) is 0 Å². The first kappa shape index (κ1) is 14.3. The quantitative estimate of drug-likeness (QED) is 0.875. The van der Waals surface area contributed by atoms with Crippen LogP contribution < -0.4 is 5.32 Å². The van der Waals surface area contributed by atoms with Crippen LogP contribution in [-0.4, -0.2) is 53.1 Å². The van der Waals surface area contributed by atoms with Gasteiger partial charge in [0.25, 0.3) is 0 Å². The zero-order chi connectivity index (χ0) is 15.7. The number of hydrogen-bond donors (Lipinski definition) is 2. The number of halogens is 1. The predicted octanol–water partition coefficient (Wildman–Crippen LogP) is 0.811. The number of amides is 2. The van der Waals surface area contributed by atoms with Crippen molar-refractivity contribution in [1.82, 2.24) is 20.2 Å². The highest BCUT2D eigenvalue weighted by Crippen LogP contribution is 2.13. The number of aromatic amines is 1. The highest BCUT2D eigenvalue weighted by atomic mass is 19.1. The van der Waals surface area contributed by atoms with Gasteiger partial charge in [-0.3, -0.25) is 4.79 Å². The van der Waals surface area contributed by atoms with Crippen molar-refractivity contribution in [2.75, 3.05) is 20.2 Å². The van der Waals surface area contributed by atoms with E-state index in [0.717, 1.165) is 0 Å². The molecule has 2 heterocycles. The molecule has 1 saturated heterocycles. The van der Waals surface area contributed by atoms with E-state index < -0.39 is 12.1 Å². The summed E-state index contributed by atoms with van der Waals surface area (Å²) in [6, 6.07) is 3.70. The summed E-state index contributed by atoms with van der Waals surface area (Å²) in [7, 11) is 1.65. The van der Waals surface area contributed by atoms with Crippen LogP contribution >= 0.6 is 0 Å². The summed E-state index contributed by atoms with van der Waals surface area (Å²) in [5.41, 5.74) is 1.31. The van der Waals surface area contributed by atoms with Crippen LogP contribution in [0, 0.1) is 5.82 Å². The van der Waals surface area contributed by atoms with E-state index in [1.807, 2.05) is 0 Å². The number of carbonyl (C=O) groups excluding carboxylic acids is 2. The van der Waals surface area contributed by atoms with Crippen molar-refractivity contribution in [2.45, 2.75) is 12.5 Å². The Labute approximate surface area is 125 Å². The number of alkyl carbamates (subject to hydrolysis) is 1. The van der Waals surface area contributed by atoms with Crippen molar-refractivity contribution in [2.24, 2.45) is 0 Å². The van der Waals surface area contributed by atoms with E-state index >= 15 is 0 Å². The van der Waals surface area contributed by atoms with Crippen molar-refractivity contribution in [3.8, 4) is 0 Å². The fourth-order valence-electron chi connectivity index (χ4n) is 2.32. The minimum atomic E-state index is -0.637. The number of hydrogen-bond acceptors (Lipinski definition) is 4. The minimum Gasteiger partial charge on any atom is -0.447 e. The Balaban J connectivity index is 1.60. The second-order valence-electron chi connectivity index (χ2n) is 5.15. The summed E-state index contributed by atoms with van der Waals surface area (Å²) < 4.78 is 17.8. The molecule has 1 aliphatic rings. The maximum absolute atomic E-state index is 13.1. The number of nitrogens with zero attached hydrogens (tertiary/aromatic N) is 2. The van der Waals surface area contributed by atoms with Gasteiger partial charge in [-0.05, 0) is 18.2 Å². The first-order chi connectivity index (χ1) is 10.5. The molecule has 3 rings (SSSR count). The second-order valence-corrected chi connectivity index (χ2v) is 5.15. The third kappa shape index (κ3) is 2.85. The van der Waals surface area contributed by atoms with Crippen LogP contribution in [0.4, 0.5) is 9.18 Å². The molecular formula is C14H15FN4O3. The number of benzene rings is 1. The van der Waals surface area contributed by atoms with Gasteiger partial charge in [0.15, 0.2) is 0 Å². The first-order valence-electron chi connectivity index (χ1n) is 6.85. The van der Waals surface area contributed by atoms with Gasteiger partial charge < -0.3 is 19.9 Å². The molecule has 22 heavy (non-hydrogen) atoms. The summed E-state index contributed by atoms with van der Waals surface area (Å²) in [5.74, 6) is 0.131. The summed E-state index contributed by atoms with van der Waals surface area (Å²) in [4.78, 5) is 31.9. The lowest BCUT2D eigenvalue weighted by Gasteiger charge is -2.19. The van der Waals surface area contributed by atoms with Gasteiger partial charge >= 0.3 is 6.09 Å². The van der Waals surface area contributed by atoms with Crippen molar-refractivity contribution in [3.05, 3.63) is 29.8 Å². The standard InChI is InChI=1S/C14H15FN4O3/c1-19(13(20)11-7-22-14(21)18-11)5-4-12-16-9-3-2-8(15)6-10(9)17-12/h2-3,6,11H,4-5,7H2,1H3,(H,16,17)(H,18,21). The lowest BCUT2D eigenvalue weighted by molar-refractivity contribution is -0.131. The number of rotatable bonds is 4. The van der Waals surface area contributed by atoms with Crippen molar-refractivity contribution in [3.63, 3.8) is 0 Å². The Hall–Kier alpha value is -2.64. The van der Waals surface area contributed by atoms with Crippen molar-refractivity contribution >= 4 is 23.0 Å². The fraction of sp³-hybridized carbons (Fsp3) is 0.357. The molecule has 2 N–H and O–H groups in total. The lowest BCUT2D eigenvalue weighted by Crippen LogP contribution is -2.44. The highest BCUT2D eigenvalue weighted by Gasteiger charge is 2.30. The molecule has 1 atom stereocenters. The van der Waals surface area contributed by atoms with E-state index in [1.165, 1.54) is 17.0 Å². The second kappa shape index (κ2) is 5.63. The van der Waals surface area contributed by atoms with E-state index in [1.54, 1.807) is 13.1 Å². The van der Waals surface area contributed by atoms with E-state index in [0.29, 0.717) is 29.8 Å². The molecular weight excluding hydrogens is 291 g/mol. The monoisotopic (exact) mass is 306 g/mol. The van der Waals surface area contributed by atoms with E-state index in [9.17, 15) is 14.0 Å². The maximum atomic E-state index is 13.1. The molecule has 2 amide bonds. The number of aromatic nitrogens is 2. The molecule has 1 unspecified atom stereocenters. The van der Waals surface area contributed by atoms with Crippen LogP contribution in [0.2, 0.25) is 0 Å². The zero-order valence-electron chi connectivity index (χ0n) is 11.9. The number of likely N-dealkylation sites (N-methyl/N-ethyl adjacent to an activating group) is 1. The Kier molecular flexibility index (Phi) is 3.66. The molecule has 2 aromatic rings. The largest absolute Gasteiger partial charge is 0.447 e. The minimum absolute atomic E-state index is 0.0475. The van der Waals surface area contributed by atoms with E-state index in [-0.39, 0.29) is 18.3 Å². The van der Waals surface area contributed by atoms with Gasteiger partial charge in [0.1, 0.15) is 24.3 Å². The van der Waals surface area contributed by atoms with Gasteiger partial charge in [-0.2, -0.15) is 0 Å². The van der Waals surface area contributed by atoms with Gasteiger partial charge in [0.2, 0.25) is 5.91 Å².